The van der Waals surface area contributed by atoms with Gasteiger partial charge in [-0.05, 0) is 43.0 Å². The molecule has 1 aliphatic heterocycles. The number of methoxy groups -OCH3 is 1. The van der Waals surface area contributed by atoms with Gasteiger partial charge in [0.1, 0.15) is 11.4 Å². The highest BCUT2D eigenvalue weighted by molar-refractivity contribution is 7.99. The molecule has 2 unspecified atom stereocenters. The van der Waals surface area contributed by atoms with E-state index in [0.717, 1.165) is 24.0 Å². The predicted octanol–water partition coefficient (Wildman–Crippen LogP) is 5.16. The van der Waals surface area contributed by atoms with Gasteiger partial charge in [-0.2, -0.15) is 0 Å². The number of rotatable bonds is 7. The van der Waals surface area contributed by atoms with Gasteiger partial charge in [0.25, 0.3) is 5.91 Å². The first-order chi connectivity index (χ1) is 14.0. The number of hydrogen-bond donors (Lipinski definition) is 0. The van der Waals surface area contributed by atoms with Crippen molar-refractivity contribution in [2.45, 2.75) is 50.9 Å². The summed E-state index contributed by atoms with van der Waals surface area (Å²) in [4.78, 5) is 27.5. The lowest BCUT2D eigenvalue weighted by atomic mass is 10.0. The number of ether oxygens (including phenoxy) is 1. The third-order valence-corrected chi connectivity index (χ3v) is 6.66. The number of hydrogen-bond acceptors (Lipinski definition) is 4. The summed E-state index contributed by atoms with van der Waals surface area (Å²) in [5.41, 5.74) is 4.04. The van der Waals surface area contributed by atoms with Crippen molar-refractivity contribution >= 4 is 23.6 Å². The molecule has 0 bridgehead atoms. The van der Waals surface area contributed by atoms with E-state index in [1.165, 1.54) is 25.5 Å². The van der Waals surface area contributed by atoms with Gasteiger partial charge in [0.15, 0.2) is 0 Å². The summed E-state index contributed by atoms with van der Waals surface area (Å²) in [5, 5.41) is -0.198. The van der Waals surface area contributed by atoms with Gasteiger partial charge in [-0.1, -0.05) is 61.7 Å². The molecule has 1 aliphatic rings. The van der Waals surface area contributed by atoms with E-state index in [4.69, 9.17) is 4.74 Å². The quantitative estimate of drug-likeness (QED) is 0.466. The topological polar surface area (TPSA) is 46.6 Å². The molecule has 154 valence electrons. The van der Waals surface area contributed by atoms with E-state index < -0.39 is 6.04 Å². The normalized spacial score (nSPS) is 18.7. The fourth-order valence-corrected chi connectivity index (χ4v) is 5.02. The molecule has 2 aromatic carbocycles. The number of unbranched alkanes of at least 4 members (excludes halogenated alkanes) is 2. The van der Waals surface area contributed by atoms with Crippen LogP contribution >= 0.6 is 11.8 Å². The second-order valence-corrected chi connectivity index (χ2v) is 8.61. The standard InChI is InChI=1S/C24H29NO3S/c1-4-5-6-7-18-10-14-19(15-11-18)22(26)25-21(24(27)28-3)16-29-23(25)20-12-8-17(2)9-13-20/h8-15,21,23H,4-7,16H2,1-3H3. The molecular formula is C24H29NO3S. The van der Waals surface area contributed by atoms with Crippen molar-refractivity contribution in [1.82, 2.24) is 4.90 Å². The SMILES string of the molecule is CCCCCc1ccc(C(=O)N2C(C(=O)OC)CSC2c2ccc(C)cc2)cc1. The van der Waals surface area contributed by atoms with Gasteiger partial charge < -0.3 is 9.64 Å². The number of amides is 1. The van der Waals surface area contributed by atoms with E-state index in [-0.39, 0.29) is 17.3 Å². The molecule has 0 saturated carbocycles. The van der Waals surface area contributed by atoms with Gasteiger partial charge in [0.2, 0.25) is 0 Å². The molecule has 4 nitrogen and oxygen atoms in total. The molecule has 1 fully saturated rings. The van der Waals surface area contributed by atoms with Crippen LogP contribution < -0.4 is 0 Å². The minimum absolute atomic E-state index is 0.129. The Balaban J connectivity index is 1.84. The highest BCUT2D eigenvalue weighted by Gasteiger charge is 2.43. The number of nitrogens with zero attached hydrogens (tertiary/aromatic N) is 1. The van der Waals surface area contributed by atoms with Crippen molar-refractivity contribution in [2.75, 3.05) is 12.9 Å². The lowest BCUT2D eigenvalue weighted by Gasteiger charge is -2.28. The molecule has 0 N–H and O–H groups in total. The Morgan fingerprint density at radius 3 is 2.38 bits per heavy atom. The summed E-state index contributed by atoms with van der Waals surface area (Å²) in [6.45, 7) is 4.23. The summed E-state index contributed by atoms with van der Waals surface area (Å²) in [6.07, 6.45) is 4.59. The van der Waals surface area contributed by atoms with Crippen LogP contribution in [-0.2, 0) is 16.0 Å². The maximum absolute atomic E-state index is 13.4. The first-order valence-corrected chi connectivity index (χ1v) is 11.3. The average molecular weight is 412 g/mol. The first kappa shape index (κ1) is 21.4. The van der Waals surface area contributed by atoms with E-state index in [2.05, 4.69) is 6.92 Å². The molecule has 1 heterocycles. The Labute approximate surface area is 177 Å². The van der Waals surface area contributed by atoms with Crippen LogP contribution in [0.2, 0.25) is 0 Å². The number of benzene rings is 2. The maximum atomic E-state index is 13.4. The smallest absolute Gasteiger partial charge is 0.329 e. The second kappa shape index (κ2) is 9.97. The number of aryl methyl sites for hydroxylation is 2. The van der Waals surface area contributed by atoms with Crippen molar-refractivity contribution in [3.63, 3.8) is 0 Å². The molecule has 1 amide bonds. The molecule has 2 atom stereocenters. The van der Waals surface area contributed by atoms with Crippen molar-refractivity contribution in [3.05, 3.63) is 70.8 Å². The van der Waals surface area contributed by atoms with Crippen LogP contribution in [0.1, 0.15) is 58.6 Å². The fraction of sp³-hybridized carbons (Fsp3) is 0.417. The third-order valence-electron chi connectivity index (χ3n) is 5.34. The van der Waals surface area contributed by atoms with Gasteiger partial charge in [-0.15, -0.1) is 11.8 Å². The highest BCUT2D eigenvalue weighted by atomic mass is 32.2. The number of carbonyl (C=O) groups excluding carboxylic acids is 2. The Morgan fingerprint density at radius 2 is 1.76 bits per heavy atom. The van der Waals surface area contributed by atoms with Crippen molar-refractivity contribution in [2.24, 2.45) is 0 Å². The Hall–Kier alpha value is -2.27. The van der Waals surface area contributed by atoms with Crippen LogP contribution in [0.3, 0.4) is 0 Å². The fourth-order valence-electron chi connectivity index (χ4n) is 3.60. The van der Waals surface area contributed by atoms with Crippen molar-refractivity contribution in [3.8, 4) is 0 Å². The van der Waals surface area contributed by atoms with E-state index in [0.29, 0.717) is 11.3 Å². The van der Waals surface area contributed by atoms with Gasteiger partial charge >= 0.3 is 5.97 Å². The molecule has 0 radical (unpaired) electrons. The molecular weight excluding hydrogens is 382 g/mol. The third kappa shape index (κ3) is 5.02. The summed E-state index contributed by atoms with van der Waals surface area (Å²) < 4.78 is 4.98. The summed E-state index contributed by atoms with van der Waals surface area (Å²) in [5.74, 6) is 0.0409. The number of thioether (sulfide) groups is 1. The van der Waals surface area contributed by atoms with Gasteiger partial charge in [-0.3, -0.25) is 4.79 Å². The molecule has 2 aromatic rings. The molecule has 1 saturated heterocycles. The zero-order valence-electron chi connectivity index (χ0n) is 17.4. The van der Waals surface area contributed by atoms with E-state index in [9.17, 15) is 9.59 Å². The van der Waals surface area contributed by atoms with Gasteiger partial charge in [-0.25, -0.2) is 4.79 Å². The highest BCUT2D eigenvalue weighted by Crippen LogP contribution is 2.42. The molecule has 29 heavy (non-hydrogen) atoms. The maximum Gasteiger partial charge on any atom is 0.329 e. The van der Waals surface area contributed by atoms with E-state index in [1.807, 2.05) is 55.5 Å². The van der Waals surface area contributed by atoms with Crippen LogP contribution in [0.25, 0.3) is 0 Å². The van der Waals surface area contributed by atoms with Crippen LogP contribution in [0.15, 0.2) is 48.5 Å². The molecule has 3 rings (SSSR count). The van der Waals surface area contributed by atoms with Gasteiger partial charge in [0.05, 0.1) is 7.11 Å². The number of esters is 1. The lowest BCUT2D eigenvalue weighted by Crippen LogP contribution is -2.43. The van der Waals surface area contributed by atoms with Crippen LogP contribution in [-0.4, -0.2) is 35.7 Å². The first-order valence-electron chi connectivity index (χ1n) is 10.2. The Morgan fingerprint density at radius 1 is 1.07 bits per heavy atom. The molecule has 0 spiro atoms. The summed E-state index contributed by atoms with van der Waals surface area (Å²) in [6, 6.07) is 15.4. The minimum atomic E-state index is -0.576. The zero-order valence-corrected chi connectivity index (χ0v) is 18.2. The molecule has 0 aromatic heterocycles. The van der Waals surface area contributed by atoms with Crippen LogP contribution in [0.5, 0.6) is 0 Å². The average Bonchev–Trinajstić information content (AvgIpc) is 3.19. The second-order valence-electron chi connectivity index (χ2n) is 7.50. The molecule has 0 aliphatic carbocycles. The van der Waals surface area contributed by atoms with Gasteiger partial charge in [0, 0.05) is 11.3 Å². The molecule has 5 heteroatoms. The van der Waals surface area contributed by atoms with E-state index >= 15 is 0 Å². The summed E-state index contributed by atoms with van der Waals surface area (Å²) >= 11 is 1.61. The van der Waals surface area contributed by atoms with E-state index in [1.54, 1.807) is 16.7 Å². The Kier molecular flexibility index (Phi) is 7.37. The van der Waals surface area contributed by atoms with Crippen LogP contribution in [0, 0.1) is 6.92 Å². The van der Waals surface area contributed by atoms with Crippen molar-refractivity contribution in [1.29, 1.82) is 0 Å². The largest absolute Gasteiger partial charge is 0.467 e. The van der Waals surface area contributed by atoms with Crippen LogP contribution in [0.4, 0.5) is 0 Å². The summed E-state index contributed by atoms with van der Waals surface area (Å²) in [7, 11) is 1.37. The minimum Gasteiger partial charge on any atom is -0.467 e. The predicted molar refractivity (Wildman–Crippen MR) is 118 cm³/mol. The lowest BCUT2D eigenvalue weighted by molar-refractivity contribution is -0.145. The number of carbonyl (C=O) groups is 2. The Bertz CT molecular complexity index is 832. The zero-order chi connectivity index (χ0) is 20.8. The van der Waals surface area contributed by atoms with Crippen molar-refractivity contribution < 1.29 is 14.3 Å². The monoisotopic (exact) mass is 411 g/mol.